The fraction of sp³-hybridized carbons (Fsp3) is 0.375. The van der Waals surface area contributed by atoms with E-state index in [0.29, 0.717) is 13.2 Å². The van der Waals surface area contributed by atoms with Gasteiger partial charge in [0.2, 0.25) is 0 Å². The quantitative estimate of drug-likeness (QED) is 0.757. The molecule has 0 amide bonds. The number of epoxide rings is 2. The van der Waals surface area contributed by atoms with Crippen molar-refractivity contribution in [1.82, 2.24) is 0 Å². The van der Waals surface area contributed by atoms with Crippen LogP contribution >= 0.6 is 0 Å². The normalized spacial score (nSPS) is 23.6. The van der Waals surface area contributed by atoms with Crippen LogP contribution in [0, 0.1) is 0 Å². The van der Waals surface area contributed by atoms with Gasteiger partial charge in [-0.05, 0) is 12.1 Å². The summed E-state index contributed by atoms with van der Waals surface area (Å²) in [6, 6.07) is 12.1. The Kier molecular flexibility index (Phi) is 2.98. The van der Waals surface area contributed by atoms with Crippen LogP contribution in [0.3, 0.4) is 0 Å². The average Bonchev–Trinajstić information content (AvgIpc) is 3.38. The topological polar surface area (TPSA) is 43.5 Å². The van der Waals surface area contributed by atoms with E-state index in [4.69, 9.17) is 18.9 Å². The fourth-order valence-corrected chi connectivity index (χ4v) is 2.19. The lowest BCUT2D eigenvalue weighted by Gasteiger charge is -2.12. The Morgan fingerprint density at radius 2 is 1.25 bits per heavy atom. The van der Waals surface area contributed by atoms with Crippen molar-refractivity contribution < 1.29 is 18.9 Å². The van der Waals surface area contributed by atoms with E-state index in [2.05, 4.69) is 12.1 Å². The van der Waals surface area contributed by atoms with Gasteiger partial charge in [-0.3, -0.25) is 0 Å². The molecule has 0 aliphatic carbocycles. The van der Waals surface area contributed by atoms with Crippen molar-refractivity contribution in [2.45, 2.75) is 12.2 Å². The van der Waals surface area contributed by atoms with Gasteiger partial charge in [0.1, 0.15) is 36.9 Å². The summed E-state index contributed by atoms with van der Waals surface area (Å²) in [5.74, 6) is 1.76. The molecule has 4 heteroatoms. The molecule has 20 heavy (non-hydrogen) atoms. The minimum Gasteiger partial charge on any atom is -0.490 e. The van der Waals surface area contributed by atoms with Gasteiger partial charge in [0.05, 0.1) is 13.2 Å². The molecule has 0 N–H and O–H groups in total. The fourth-order valence-electron chi connectivity index (χ4n) is 2.19. The van der Waals surface area contributed by atoms with Gasteiger partial charge in [-0.1, -0.05) is 24.3 Å². The lowest BCUT2D eigenvalue weighted by Crippen LogP contribution is -2.06. The van der Waals surface area contributed by atoms with Gasteiger partial charge >= 0.3 is 0 Å². The molecule has 2 saturated heterocycles. The summed E-state index contributed by atoms with van der Waals surface area (Å²) in [5.41, 5.74) is 0. The summed E-state index contributed by atoms with van der Waals surface area (Å²) < 4.78 is 22.0. The number of fused-ring (bicyclic) bond motifs is 1. The van der Waals surface area contributed by atoms with Gasteiger partial charge in [0, 0.05) is 10.8 Å². The van der Waals surface area contributed by atoms with Crippen LogP contribution in [-0.2, 0) is 9.47 Å². The number of benzene rings is 2. The average molecular weight is 272 g/mol. The Bertz CT molecular complexity index is 562. The zero-order valence-corrected chi connectivity index (χ0v) is 11.1. The minimum atomic E-state index is 0.261. The maximum Gasteiger partial charge on any atom is 0.127 e. The molecule has 0 spiro atoms. The summed E-state index contributed by atoms with van der Waals surface area (Å²) in [4.78, 5) is 0. The van der Waals surface area contributed by atoms with Gasteiger partial charge in [-0.25, -0.2) is 0 Å². The number of hydrogen-bond acceptors (Lipinski definition) is 4. The first-order valence-electron chi connectivity index (χ1n) is 6.91. The molecular weight excluding hydrogens is 256 g/mol. The zero-order valence-electron chi connectivity index (χ0n) is 11.1. The highest BCUT2D eigenvalue weighted by atomic mass is 16.6. The Balaban J connectivity index is 1.61. The molecule has 4 rings (SSSR count). The highest BCUT2D eigenvalue weighted by Gasteiger charge is 2.24. The third-order valence-corrected chi connectivity index (χ3v) is 3.50. The molecule has 0 unspecified atom stereocenters. The molecule has 2 aromatic carbocycles. The van der Waals surface area contributed by atoms with E-state index in [1.165, 1.54) is 0 Å². The van der Waals surface area contributed by atoms with Crippen molar-refractivity contribution in [3.05, 3.63) is 36.4 Å². The summed E-state index contributed by atoms with van der Waals surface area (Å²) in [7, 11) is 0. The van der Waals surface area contributed by atoms with Crippen LogP contribution in [0.25, 0.3) is 10.8 Å². The van der Waals surface area contributed by atoms with Crippen LogP contribution in [0.2, 0.25) is 0 Å². The van der Waals surface area contributed by atoms with Crippen molar-refractivity contribution in [2.24, 2.45) is 0 Å². The number of ether oxygens (including phenoxy) is 4. The third kappa shape index (κ3) is 2.57. The monoisotopic (exact) mass is 272 g/mol. The molecule has 2 aliphatic rings. The summed E-state index contributed by atoms with van der Waals surface area (Å²) in [6.07, 6.45) is 0.522. The molecule has 0 radical (unpaired) electrons. The van der Waals surface area contributed by atoms with Crippen molar-refractivity contribution in [3.63, 3.8) is 0 Å². The van der Waals surface area contributed by atoms with Crippen molar-refractivity contribution >= 4 is 10.8 Å². The largest absolute Gasteiger partial charge is 0.490 e. The van der Waals surface area contributed by atoms with E-state index in [-0.39, 0.29) is 12.2 Å². The van der Waals surface area contributed by atoms with Crippen LogP contribution in [0.1, 0.15) is 0 Å². The summed E-state index contributed by atoms with van der Waals surface area (Å²) in [5, 5.41) is 2.14. The van der Waals surface area contributed by atoms with Gasteiger partial charge in [-0.15, -0.1) is 0 Å². The van der Waals surface area contributed by atoms with E-state index < -0.39 is 0 Å². The first kappa shape index (κ1) is 12.0. The Morgan fingerprint density at radius 1 is 0.800 bits per heavy atom. The van der Waals surface area contributed by atoms with Gasteiger partial charge in [-0.2, -0.15) is 0 Å². The van der Waals surface area contributed by atoms with Crippen LogP contribution in [-0.4, -0.2) is 38.6 Å². The molecule has 2 fully saturated rings. The van der Waals surface area contributed by atoms with Crippen LogP contribution in [0.15, 0.2) is 36.4 Å². The SMILES string of the molecule is c1ccc2c(OC[C@H]3CO3)ccc(OC[C@H]3CO3)c2c1. The molecule has 4 nitrogen and oxygen atoms in total. The maximum atomic E-state index is 5.83. The predicted octanol–water partition coefficient (Wildman–Crippen LogP) is 2.40. The Morgan fingerprint density at radius 3 is 1.65 bits per heavy atom. The maximum absolute atomic E-state index is 5.83. The van der Waals surface area contributed by atoms with Gasteiger partial charge in [0.15, 0.2) is 0 Å². The standard InChI is InChI=1S/C16H16O4/c1-2-4-14-13(3-1)15(19-9-11-7-17-11)5-6-16(14)20-10-12-8-18-12/h1-6,11-12H,7-10H2/t11-,12-/m1/s1. The van der Waals surface area contributed by atoms with E-state index in [1.807, 2.05) is 24.3 Å². The lowest BCUT2D eigenvalue weighted by molar-refractivity contribution is 0.261. The molecule has 0 aromatic heterocycles. The molecule has 104 valence electrons. The highest BCUT2D eigenvalue weighted by molar-refractivity contribution is 5.93. The van der Waals surface area contributed by atoms with E-state index in [1.54, 1.807) is 0 Å². The minimum absolute atomic E-state index is 0.261. The summed E-state index contributed by atoms with van der Waals surface area (Å²) in [6.45, 7) is 2.83. The second-order valence-corrected chi connectivity index (χ2v) is 5.14. The van der Waals surface area contributed by atoms with E-state index in [9.17, 15) is 0 Å². The third-order valence-electron chi connectivity index (χ3n) is 3.50. The lowest BCUT2D eigenvalue weighted by atomic mass is 10.1. The number of rotatable bonds is 6. The van der Waals surface area contributed by atoms with Crippen molar-refractivity contribution in [2.75, 3.05) is 26.4 Å². The molecule has 2 heterocycles. The molecular formula is C16H16O4. The van der Waals surface area contributed by atoms with Crippen LogP contribution in [0.4, 0.5) is 0 Å². The molecule has 0 bridgehead atoms. The predicted molar refractivity (Wildman–Crippen MR) is 74.4 cm³/mol. The van der Waals surface area contributed by atoms with Gasteiger partial charge in [0.25, 0.3) is 0 Å². The Labute approximate surface area is 117 Å². The smallest absolute Gasteiger partial charge is 0.127 e. The van der Waals surface area contributed by atoms with E-state index >= 15 is 0 Å². The molecule has 0 saturated carbocycles. The molecule has 2 aromatic rings. The molecule has 2 atom stereocenters. The Hall–Kier alpha value is -1.78. The van der Waals surface area contributed by atoms with Crippen LogP contribution < -0.4 is 9.47 Å². The summed E-state index contributed by atoms with van der Waals surface area (Å²) >= 11 is 0. The van der Waals surface area contributed by atoms with Gasteiger partial charge < -0.3 is 18.9 Å². The van der Waals surface area contributed by atoms with Crippen molar-refractivity contribution in [1.29, 1.82) is 0 Å². The first-order chi connectivity index (χ1) is 9.90. The number of hydrogen-bond donors (Lipinski definition) is 0. The highest BCUT2D eigenvalue weighted by Crippen LogP contribution is 2.34. The molecule has 2 aliphatic heterocycles. The second-order valence-electron chi connectivity index (χ2n) is 5.14. The van der Waals surface area contributed by atoms with E-state index in [0.717, 1.165) is 35.5 Å². The second kappa shape index (κ2) is 4.96. The van der Waals surface area contributed by atoms with Crippen LogP contribution in [0.5, 0.6) is 11.5 Å². The van der Waals surface area contributed by atoms with Crippen molar-refractivity contribution in [3.8, 4) is 11.5 Å². The zero-order chi connectivity index (χ0) is 13.4. The first-order valence-corrected chi connectivity index (χ1v) is 6.91.